The predicted molar refractivity (Wildman–Crippen MR) is 53.3 cm³/mol. The zero-order valence-corrected chi connectivity index (χ0v) is 8.46. The molecule has 0 saturated carbocycles. The second-order valence-electron chi connectivity index (χ2n) is 3.99. The molecule has 1 amide bonds. The van der Waals surface area contributed by atoms with E-state index in [-0.39, 0.29) is 0 Å². The minimum absolute atomic E-state index is 0.317. The van der Waals surface area contributed by atoms with E-state index >= 15 is 0 Å². The Morgan fingerprint density at radius 3 is 2.92 bits per heavy atom. The molecule has 1 aliphatic heterocycles. The summed E-state index contributed by atoms with van der Waals surface area (Å²) in [6, 6.07) is 0. The largest absolute Gasteiger partial charge is 0.342 e. The molecule has 3 heteroatoms. The Morgan fingerprint density at radius 1 is 1.46 bits per heavy atom. The van der Waals surface area contributed by atoms with Crippen LogP contribution in [0.15, 0.2) is 0 Å². The van der Waals surface area contributed by atoms with E-state index < -0.39 is 0 Å². The van der Waals surface area contributed by atoms with E-state index in [0.717, 1.165) is 32.4 Å². The van der Waals surface area contributed by atoms with Gasteiger partial charge in [-0.15, -0.1) is 0 Å². The van der Waals surface area contributed by atoms with Gasteiger partial charge in [0.1, 0.15) is 0 Å². The highest BCUT2D eigenvalue weighted by molar-refractivity contribution is 5.76. The van der Waals surface area contributed by atoms with Gasteiger partial charge in [-0.2, -0.15) is 0 Å². The van der Waals surface area contributed by atoms with Crippen molar-refractivity contribution < 1.29 is 4.79 Å². The normalized spacial score (nSPS) is 21.4. The molecule has 1 heterocycles. The minimum atomic E-state index is 0.317. The molecule has 13 heavy (non-hydrogen) atoms. The quantitative estimate of drug-likeness (QED) is 0.711. The Balaban J connectivity index is 2.40. The molecule has 1 saturated heterocycles. The molecule has 2 N–H and O–H groups in total. The molecule has 0 aliphatic carbocycles. The molecule has 1 aliphatic rings. The van der Waals surface area contributed by atoms with Crippen LogP contribution in [0, 0.1) is 5.92 Å². The number of nitrogens with two attached hydrogens (primary N) is 1. The van der Waals surface area contributed by atoms with E-state index in [0.29, 0.717) is 18.4 Å². The lowest BCUT2D eigenvalue weighted by molar-refractivity contribution is -0.131. The fourth-order valence-corrected chi connectivity index (χ4v) is 1.68. The highest BCUT2D eigenvalue weighted by Gasteiger charge is 2.17. The Kier molecular flexibility index (Phi) is 4.22. The maximum Gasteiger partial charge on any atom is 0.222 e. The monoisotopic (exact) mass is 184 g/mol. The van der Waals surface area contributed by atoms with Crippen LogP contribution in [-0.2, 0) is 4.79 Å². The van der Waals surface area contributed by atoms with Crippen LogP contribution >= 0.6 is 0 Å². The van der Waals surface area contributed by atoms with Crippen LogP contribution in [0.2, 0.25) is 0 Å². The van der Waals surface area contributed by atoms with E-state index in [1.807, 2.05) is 4.90 Å². The topological polar surface area (TPSA) is 46.3 Å². The van der Waals surface area contributed by atoms with E-state index in [2.05, 4.69) is 6.92 Å². The molecular formula is C10H20N2O. The number of carbonyl (C=O) groups excluding carboxylic acids is 1. The molecule has 1 fully saturated rings. The molecule has 0 aromatic heterocycles. The molecule has 3 nitrogen and oxygen atoms in total. The Bertz CT molecular complexity index is 170. The van der Waals surface area contributed by atoms with Crippen LogP contribution in [0.4, 0.5) is 0 Å². The van der Waals surface area contributed by atoms with Gasteiger partial charge in [0.05, 0.1) is 0 Å². The first-order chi connectivity index (χ1) is 6.24. The molecule has 0 spiro atoms. The van der Waals surface area contributed by atoms with Crippen molar-refractivity contribution in [3.05, 3.63) is 0 Å². The van der Waals surface area contributed by atoms with Crippen molar-refractivity contribution in [3.63, 3.8) is 0 Å². The zero-order chi connectivity index (χ0) is 9.68. The van der Waals surface area contributed by atoms with E-state index in [4.69, 9.17) is 5.73 Å². The van der Waals surface area contributed by atoms with E-state index in [1.165, 1.54) is 6.42 Å². The Hall–Kier alpha value is -0.570. The lowest BCUT2D eigenvalue weighted by atomic mass is 10.1. The molecule has 1 unspecified atom stereocenters. The van der Waals surface area contributed by atoms with Crippen LogP contribution in [0.1, 0.15) is 32.6 Å². The van der Waals surface area contributed by atoms with Crippen molar-refractivity contribution in [1.29, 1.82) is 0 Å². The minimum Gasteiger partial charge on any atom is -0.342 e. The number of nitrogens with zero attached hydrogens (tertiary/aromatic N) is 1. The highest BCUT2D eigenvalue weighted by atomic mass is 16.2. The number of likely N-dealkylation sites (tertiary alicyclic amines) is 1. The highest BCUT2D eigenvalue weighted by Crippen LogP contribution is 2.12. The first-order valence-electron chi connectivity index (χ1n) is 5.22. The third-order valence-corrected chi connectivity index (χ3v) is 2.61. The molecule has 0 bridgehead atoms. The number of hydrogen-bond acceptors (Lipinski definition) is 2. The summed E-state index contributed by atoms with van der Waals surface area (Å²) < 4.78 is 0. The molecule has 1 rings (SSSR count). The first-order valence-corrected chi connectivity index (χ1v) is 5.22. The van der Waals surface area contributed by atoms with Gasteiger partial charge in [-0.05, 0) is 25.3 Å². The fraction of sp³-hybridized carbons (Fsp3) is 0.900. The first kappa shape index (κ1) is 10.5. The average Bonchev–Trinajstić information content (AvgIpc) is 2.32. The van der Waals surface area contributed by atoms with Gasteiger partial charge in [0, 0.05) is 19.5 Å². The van der Waals surface area contributed by atoms with Crippen molar-refractivity contribution in [2.75, 3.05) is 19.6 Å². The van der Waals surface area contributed by atoms with Crippen molar-refractivity contribution in [2.24, 2.45) is 11.7 Å². The average molecular weight is 184 g/mol. The second-order valence-corrected chi connectivity index (χ2v) is 3.99. The molecule has 0 aromatic rings. The third-order valence-electron chi connectivity index (χ3n) is 2.61. The summed E-state index contributed by atoms with van der Waals surface area (Å²) in [5, 5.41) is 0. The number of hydrogen-bond donors (Lipinski definition) is 1. The van der Waals surface area contributed by atoms with Crippen molar-refractivity contribution in [3.8, 4) is 0 Å². The molecule has 0 radical (unpaired) electrons. The standard InChI is InChI=1S/C10H20N2O/c1-9(7-11)8-12-6-4-2-3-5-10(12)13/h9H,2-8,11H2,1H3. The summed E-state index contributed by atoms with van der Waals surface area (Å²) in [7, 11) is 0. The van der Waals surface area contributed by atoms with Gasteiger partial charge in [0.15, 0.2) is 0 Å². The SMILES string of the molecule is CC(CN)CN1CCCCCC1=O. The van der Waals surface area contributed by atoms with E-state index in [1.54, 1.807) is 0 Å². The van der Waals surface area contributed by atoms with E-state index in [9.17, 15) is 4.79 Å². The van der Waals surface area contributed by atoms with Gasteiger partial charge >= 0.3 is 0 Å². The molecular weight excluding hydrogens is 164 g/mol. The van der Waals surface area contributed by atoms with Gasteiger partial charge in [0.2, 0.25) is 5.91 Å². The van der Waals surface area contributed by atoms with Crippen molar-refractivity contribution in [1.82, 2.24) is 4.90 Å². The molecule has 1 atom stereocenters. The van der Waals surface area contributed by atoms with Crippen LogP contribution in [0.5, 0.6) is 0 Å². The summed E-state index contributed by atoms with van der Waals surface area (Å²) >= 11 is 0. The molecule has 0 aromatic carbocycles. The van der Waals surface area contributed by atoms with Crippen LogP contribution < -0.4 is 5.73 Å². The maximum absolute atomic E-state index is 11.6. The van der Waals surface area contributed by atoms with Crippen LogP contribution in [0.25, 0.3) is 0 Å². The third kappa shape index (κ3) is 3.35. The maximum atomic E-state index is 11.6. The van der Waals surface area contributed by atoms with Crippen molar-refractivity contribution in [2.45, 2.75) is 32.6 Å². The number of carbonyl (C=O) groups is 1. The zero-order valence-electron chi connectivity index (χ0n) is 8.46. The van der Waals surface area contributed by atoms with Crippen molar-refractivity contribution >= 4 is 5.91 Å². The summed E-state index contributed by atoms with van der Waals surface area (Å²) in [6.07, 6.45) is 4.14. The lowest BCUT2D eigenvalue weighted by Gasteiger charge is -2.23. The van der Waals surface area contributed by atoms with Crippen LogP contribution in [0.3, 0.4) is 0 Å². The van der Waals surface area contributed by atoms with Gasteiger partial charge in [-0.1, -0.05) is 13.3 Å². The summed E-state index contributed by atoms with van der Waals surface area (Å²) in [5.41, 5.74) is 5.54. The fourth-order valence-electron chi connectivity index (χ4n) is 1.68. The molecule has 76 valence electrons. The predicted octanol–water partition coefficient (Wildman–Crippen LogP) is 0.984. The summed E-state index contributed by atoms with van der Waals surface area (Å²) in [4.78, 5) is 13.5. The van der Waals surface area contributed by atoms with Crippen LogP contribution in [-0.4, -0.2) is 30.4 Å². The van der Waals surface area contributed by atoms with Gasteiger partial charge in [-0.25, -0.2) is 0 Å². The number of rotatable bonds is 3. The van der Waals surface area contributed by atoms with Gasteiger partial charge in [-0.3, -0.25) is 4.79 Å². The second kappa shape index (κ2) is 5.22. The summed E-state index contributed by atoms with van der Waals surface area (Å²) in [5.74, 6) is 0.750. The van der Waals surface area contributed by atoms with Gasteiger partial charge < -0.3 is 10.6 Å². The van der Waals surface area contributed by atoms with Gasteiger partial charge in [0.25, 0.3) is 0 Å². The smallest absolute Gasteiger partial charge is 0.222 e. The Morgan fingerprint density at radius 2 is 2.23 bits per heavy atom. The Labute approximate surface area is 80.3 Å². The lowest BCUT2D eigenvalue weighted by Crippen LogP contribution is -2.36. The number of amides is 1. The summed E-state index contributed by atoms with van der Waals surface area (Å²) in [6.45, 7) is 4.54.